The van der Waals surface area contributed by atoms with Gasteiger partial charge < -0.3 is 15.7 Å². The van der Waals surface area contributed by atoms with Crippen molar-refractivity contribution in [3.63, 3.8) is 0 Å². The van der Waals surface area contributed by atoms with Gasteiger partial charge >= 0.3 is 5.97 Å². The number of anilines is 1. The summed E-state index contributed by atoms with van der Waals surface area (Å²) in [5, 5.41) is 9.42. The maximum atomic E-state index is 13.8. The van der Waals surface area contributed by atoms with Crippen LogP contribution in [0.4, 0.5) is 10.1 Å². The molecule has 0 aliphatic carbocycles. The second-order valence-electron chi connectivity index (χ2n) is 5.51. The molecule has 0 aromatic heterocycles. The number of rotatable bonds is 3. The van der Waals surface area contributed by atoms with E-state index in [4.69, 9.17) is 5.73 Å². The molecule has 1 unspecified atom stereocenters. The van der Waals surface area contributed by atoms with E-state index in [2.05, 4.69) is 0 Å². The van der Waals surface area contributed by atoms with Crippen LogP contribution in [0.1, 0.15) is 36.5 Å². The molecule has 1 atom stereocenters. The van der Waals surface area contributed by atoms with Crippen molar-refractivity contribution in [3.8, 4) is 0 Å². The number of carbonyl (C=O) groups is 2. The minimum absolute atomic E-state index is 0.0681. The quantitative estimate of drug-likeness (QED) is 0.836. The number of nitrogen functional groups attached to an aromatic ring is 1. The number of piperidine rings is 1. The summed E-state index contributed by atoms with van der Waals surface area (Å²) < 4.78 is 13.8. The summed E-state index contributed by atoms with van der Waals surface area (Å²) in [4.78, 5) is 25.3. The van der Waals surface area contributed by atoms with Gasteiger partial charge in [-0.15, -0.1) is 0 Å². The molecule has 0 radical (unpaired) electrons. The molecule has 0 saturated carbocycles. The van der Waals surface area contributed by atoms with E-state index in [1.165, 1.54) is 17.0 Å². The minimum atomic E-state index is -0.932. The summed E-state index contributed by atoms with van der Waals surface area (Å²) in [5.74, 6) is -2.06. The highest BCUT2D eigenvalue weighted by Crippen LogP contribution is 2.34. The number of hydrogen-bond acceptors (Lipinski definition) is 3. The Morgan fingerprint density at radius 3 is 2.76 bits per heavy atom. The molecule has 1 aliphatic heterocycles. The molecule has 1 amide bonds. The molecular weight excluding hydrogens is 275 g/mol. The van der Waals surface area contributed by atoms with Gasteiger partial charge in [0, 0.05) is 18.8 Å². The average molecular weight is 294 g/mol. The van der Waals surface area contributed by atoms with Gasteiger partial charge in [0.2, 0.25) is 0 Å². The Morgan fingerprint density at radius 1 is 1.48 bits per heavy atom. The number of carboxylic acid groups (broad SMARTS) is 1. The fourth-order valence-corrected chi connectivity index (χ4v) is 2.79. The predicted molar refractivity (Wildman–Crippen MR) is 76.3 cm³/mol. The molecular formula is C15H19FN2O3. The number of carbonyl (C=O) groups excluding carboxylic acids is 1. The SMILES string of the molecule is CCC1(C(=O)O)CCCN(C(=O)c2ccc(N)cc2F)C1. The zero-order valence-corrected chi connectivity index (χ0v) is 11.9. The lowest BCUT2D eigenvalue weighted by atomic mass is 9.77. The van der Waals surface area contributed by atoms with E-state index in [1.807, 2.05) is 0 Å². The van der Waals surface area contributed by atoms with Crippen LogP contribution in [0.15, 0.2) is 18.2 Å². The van der Waals surface area contributed by atoms with Crippen LogP contribution in [0.2, 0.25) is 0 Å². The molecule has 3 N–H and O–H groups in total. The van der Waals surface area contributed by atoms with Crippen molar-refractivity contribution in [2.75, 3.05) is 18.8 Å². The Kier molecular flexibility index (Phi) is 4.16. The maximum absolute atomic E-state index is 13.8. The van der Waals surface area contributed by atoms with E-state index in [1.54, 1.807) is 6.92 Å². The van der Waals surface area contributed by atoms with Crippen LogP contribution >= 0.6 is 0 Å². The molecule has 0 bridgehead atoms. The van der Waals surface area contributed by atoms with Crippen molar-refractivity contribution < 1.29 is 19.1 Å². The van der Waals surface area contributed by atoms with Crippen LogP contribution in [0.25, 0.3) is 0 Å². The number of hydrogen-bond donors (Lipinski definition) is 2. The van der Waals surface area contributed by atoms with Crippen LogP contribution in [-0.2, 0) is 4.79 Å². The number of benzene rings is 1. The molecule has 1 saturated heterocycles. The van der Waals surface area contributed by atoms with E-state index in [0.717, 1.165) is 6.07 Å². The predicted octanol–water partition coefficient (Wildman–Crippen LogP) is 2.12. The molecule has 0 spiro atoms. The summed E-state index contributed by atoms with van der Waals surface area (Å²) >= 11 is 0. The van der Waals surface area contributed by atoms with E-state index < -0.39 is 23.1 Å². The summed E-state index contributed by atoms with van der Waals surface area (Å²) in [6, 6.07) is 3.90. The zero-order valence-electron chi connectivity index (χ0n) is 11.9. The number of aliphatic carboxylic acids is 1. The molecule has 6 heteroatoms. The number of amides is 1. The highest BCUT2D eigenvalue weighted by Gasteiger charge is 2.42. The second kappa shape index (κ2) is 5.71. The molecule has 1 aromatic carbocycles. The van der Waals surface area contributed by atoms with E-state index in [0.29, 0.717) is 25.8 Å². The largest absolute Gasteiger partial charge is 0.481 e. The van der Waals surface area contributed by atoms with Crippen LogP contribution in [0.3, 0.4) is 0 Å². The highest BCUT2D eigenvalue weighted by atomic mass is 19.1. The summed E-state index contributed by atoms with van der Waals surface area (Å²) in [6.45, 7) is 2.35. The average Bonchev–Trinajstić information content (AvgIpc) is 2.46. The molecule has 1 aromatic rings. The summed E-state index contributed by atoms with van der Waals surface area (Å²) in [7, 11) is 0. The Balaban J connectivity index is 2.25. The van der Waals surface area contributed by atoms with Crippen molar-refractivity contribution in [2.24, 2.45) is 5.41 Å². The van der Waals surface area contributed by atoms with Gasteiger partial charge in [-0.25, -0.2) is 4.39 Å². The molecule has 1 heterocycles. The van der Waals surface area contributed by atoms with E-state index in [-0.39, 0.29) is 17.8 Å². The lowest BCUT2D eigenvalue weighted by molar-refractivity contribution is -0.152. The van der Waals surface area contributed by atoms with Crippen LogP contribution in [-0.4, -0.2) is 35.0 Å². The number of nitrogens with two attached hydrogens (primary N) is 1. The highest BCUT2D eigenvalue weighted by molar-refractivity contribution is 5.95. The normalized spacial score (nSPS) is 22.1. The number of likely N-dealkylation sites (tertiary alicyclic amines) is 1. The first-order valence-corrected chi connectivity index (χ1v) is 6.97. The Bertz CT molecular complexity index is 576. The first kappa shape index (κ1) is 15.3. The van der Waals surface area contributed by atoms with Gasteiger partial charge in [0.1, 0.15) is 5.82 Å². The maximum Gasteiger partial charge on any atom is 0.311 e. The molecule has 1 fully saturated rings. The third-order valence-electron chi connectivity index (χ3n) is 4.22. The second-order valence-corrected chi connectivity index (χ2v) is 5.51. The van der Waals surface area contributed by atoms with Crippen LogP contribution in [0.5, 0.6) is 0 Å². The van der Waals surface area contributed by atoms with Gasteiger partial charge in [-0.2, -0.15) is 0 Å². The summed E-state index contributed by atoms with van der Waals surface area (Å²) in [5.41, 5.74) is 4.71. The van der Waals surface area contributed by atoms with E-state index in [9.17, 15) is 19.1 Å². The minimum Gasteiger partial charge on any atom is -0.481 e. The van der Waals surface area contributed by atoms with Crippen molar-refractivity contribution in [1.82, 2.24) is 4.90 Å². The topological polar surface area (TPSA) is 83.6 Å². The Labute approximate surface area is 122 Å². The Morgan fingerprint density at radius 2 is 2.19 bits per heavy atom. The monoisotopic (exact) mass is 294 g/mol. The third-order valence-corrected chi connectivity index (χ3v) is 4.22. The Hall–Kier alpha value is -2.11. The van der Waals surface area contributed by atoms with Crippen LogP contribution in [0, 0.1) is 11.2 Å². The molecule has 1 aliphatic rings. The van der Waals surface area contributed by atoms with Gasteiger partial charge in [-0.3, -0.25) is 9.59 Å². The number of nitrogens with zero attached hydrogens (tertiary/aromatic N) is 1. The fraction of sp³-hybridized carbons (Fsp3) is 0.467. The van der Waals surface area contributed by atoms with Gasteiger partial charge in [0.25, 0.3) is 5.91 Å². The smallest absolute Gasteiger partial charge is 0.311 e. The van der Waals surface area contributed by atoms with E-state index >= 15 is 0 Å². The molecule has 21 heavy (non-hydrogen) atoms. The van der Waals surface area contributed by atoms with Gasteiger partial charge in [0.05, 0.1) is 11.0 Å². The fourth-order valence-electron chi connectivity index (χ4n) is 2.79. The first-order chi connectivity index (χ1) is 9.89. The lowest BCUT2D eigenvalue weighted by Gasteiger charge is -2.39. The molecule has 5 nitrogen and oxygen atoms in total. The molecule has 114 valence electrons. The number of carboxylic acids is 1. The van der Waals surface area contributed by atoms with Crippen molar-refractivity contribution >= 4 is 17.6 Å². The van der Waals surface area contributed by atoms with Crippen LogP contribution < -0.4 is 5.73 Å². The van der Waals surface area contributed by atoms with Crippen molar-refractivity contribution in [1.29, 1.82) is 0 Å². The summed E-state index contributed by atoms with van der Waals surface area (Å²) in [6.07, 6.45) is 1.58. The van der Waals surface area contributed by atoms with Crippen molar-refractivity contribution in [2.45, 2.75) is 26.2 Å². The standard InChI is InChI=1S/C15H19FN2O3/c1-2-15(14(20)21)6-3-7-18(9-15)13(19)11-5-4-10(17)8-12(11)16/h4-5,8H,2-3,6-7,9,17H2,1H3,(H,20,21). The third kappa shape index (κ3) is 2.84. The number of halogens is 1. The van der Waals surface area contributed by atoms with Crippen molar-refractivity contribution in [3.05, 3.63) is 29.6 Å². The van der Waals surface area contributed by atoms with Gasteiger partial charge in [-0.05, 0) is 37.5 Å². The zero-order chi connectivity index (χ0) is 15.6. The van der Waals surface area contributed by atoms with Gasteiger partial charge in [0.15, 0.2) is 0 Å². The molecule has 2 rings (SSSR count). The first-order valence-electron chi connectivity index (χ1n) is 6.97. The van der Waals surface area contributed by atoms with Gasteiger partial charge in [-0.1, -0.05) is 6.92 Å². The lowest BCUT2D eigenvalue weighted by Crippen LogP contribution is -2.49.